The molecule has 164 valence electrons. The van der Waals surface area contributed by atoms with Gasteiger partial charge in [0.05, 0.1) is 17.6 Å². The molecule has 0 aliphatic heterocycles. The molecule has 2 heterocycles. The Morgan fingerprint density at radius 2 is 1.88 bits per heavy atom. The van der Waals surface area contributed by atoms with E-state index in [1.54, 1.807) is 18.3 Å². The van der Waals surface area contributed by atoms with Crippen LogP contribution in [0.4, 0.5) is 4.39 Å². The summed E-state index contributed by atoms with van der Waals surface area (Å²) in [6.45, 7) is 2.60. The zero-order valence-corrected chi connectivity index (χ0v) is 17.9. The molecule has 4 rings (SSSR count). The first-order valence-corrected chi connectivity index (χ1v) is 10.7. The fourth-order valence-electron chi connectivity index (χ4n) is 3.44. The number of oxazole rings is 1. The number of aryl methyl sites for hydroxylation is 3. The van der Waals surface area contributed by atoms with Crippen LogP contribution in [-0.2, 0) is 17.6 Å². The third-order valence-corrected chi connectivity index (χ3v) is 5.21. The first-order chi connectivity index (χ1) is 15.6. The molecule has 1 N–H and O–H groups in total. The molecule has 32 heavy (non-hydrogen) atoms. The Bertz CT molecular complexity index is 1170. The van der Waals surface area contributed by atoms with Crippen molar-refractivity contribution in [2.45, 2.75) is 32.6 Å². The number of aromatic nitrogens is 3. The van der Waals surface area contributed by atoms with E-state index in [4.69, 9.17) is 4.42 Å². The van der Waals surface area contributed by atoms with E-state index in [-0.39, 0.29) is 11.7 Å². The van der Waals surface area contributed by atoms with Crippen LogP contribution in [-0.4, -0.2) is 27.2 Å². The molecule has 0 bridgehead atoms. The average Bonchev–Trinajstić information content (AvgIpc) is 3.43. The fraction of sp³-hybridized carbons (Fsp3) is 0.240. The van der Waals surface area contributed by atoms with Gasteiger partial charge in [-0.1, -0.05) is 18.2 Å². The number of amides is 1. The van der Waals surface area contributed by atoms with Crippen molar-refractivity contribution < 1.29 is 13.6 Å². The van der Waals surface area contributed by atoms with Crippen LogP contribution in [0.3, 0.4) is 0 Å². The topological polar surface area (TPSA) is 73.0 Å². The third-order valence-electron chi connectivity index (χ3n) is 5.21. The summed E-state index contributed by atoms with van der Waals surface area (Å²) in [6.07, 6.45) is 6.04. The predicted molar refractivity (Wildman–Crippen MR) is 120 cm³/mol. The second-order valence-electron chi connectivity index (χ2n) is 7.60. The molecular weight excluding hydrogens is 407 g/mol. The summed E-state index contributed by atoms with van der Waals surface area (Å²) in [5.41, 5.74) is 3.96. The number of carbonyl (C=O) groups excluding carboxylic acids is 1. The average molecular weight is 432 g/mol. The quantitative estimate of drug-likeness (QED) is 0.391. The van der Waals surface area contributed by atoms with Gasteiger partial charge in [0.25, 0.3) is 0 Å². The first-order valence-electron chi connectivity index (χ1n) is 10.7. The normalized spacial score (nSPS) is 10.9. The molecule has 2 aromatic carbocycles. The number of benzene rings is 2. The van der Waals surface area contributed by atoms with Gasteiger partial charge in [-0.15, -0.1) is 0 Å². The van der Waals surface area contributed by atoms with Crippen LogP contribution >= 0.6 is 0 Å². The summed E-state index contributed by atoms with van der Waals surface area (Å²) in [4.78, 5) is 16.4. The van der Waals surface area contributed by atoms with E-state index in [0.717, 1.165) is 29.8 Å². The highest BCUT2D eigenvalue weighted by Crippen LogP contribution is 2.21. The van der Waals surface area contributed by atoms with Gasteiger partial charge in [-0.25, -0.2) is 14.1 Å². The smallest absolute Gasteiger partial charge is 0.220 e. The van der Waals surface area contributed by atoms with Crippen molar-refractivity contribution in [3.8, 4) is 17.0 Å². The fourth-order valence-corrected chi connectivity index (χ4v) is 3.44. The maximum Gasteiger partial charge on any atom is 0.220 e. The number of hydrogen-bond acceptors (Lipinski definition) is 4. The molecule has 6 nitrogen and oxygen atoms in total. The molecule has 0 saturated heterocycles. The van der Waals surface area contributed by atoms with Crippen LogP contribution in [0.15, 0.2) is 71.4 Å². The van der Waals surface area contributed by atoms with Gasteiger partial charge in [0.1, 0.15) is 5.82 Å². The Balaban J connectivity index is 1.19. The van der Waals surface area contributed by atoms with Crippen LogP contribution in [0.5, 0.6) is 0 Å². The first kappa shape index (κ1) is 21.5. The maximum atomic E-state index is 13.0. The lowest BCUT2D eigenvalue weighted by Crippen LogP contribution is -2.25. The predicted octanol–water partition coefficient (Wildman–Crippen LogP) is 4.66. The molecule has 0 spiro atoms. The van der Waals surface area contributed by atoms with Gasteiger partial charge < -0.3 is 9.73 Å². The van der Waals surface area contributed by atoms with Gasteiger partial charge in [0.2, 0.25) is 5.91 Å². The van der Waals surface area contributed by atoms with Crippen LogP contribution < -0.4 is 5.32 Å². The van der Waals surface area contributed by atoms with E-state index < -0.39 is 0 Å². The molecule has 2 aromatic heterocycles. The Morgan fingerprint density at radius 3 is 2.66 bits per heavy atom. The summed E-state index contributed by atoms with van der Waals surface area (Å²) in [7, 11) is 0. The van der Waals surface area contributed by atoms with Gasteiger partial charge >= 0.3 is 0 Å². The lowest BCUT2D eigenvalue weighted by molar-refractivity contribution is -0.121. The van der Waals surface area contributed by atoms with E-state index in [2.05, 4.69) is 15.4 Å². The second-order valence-corrected chi connectivity index (χ2v) is 7.60. The highest BCUT2D eigenvalue weighted by molar-refractivity contribution is 5.76. The summed E-state index contributed by atoms with van der Waals surface area (Å²) >= 11 is 0. The summed E-state index contributed by atoms with van der Waals surface area (Å²) < 4.78 is 20.6. The lowest BCUT2D eigenvalue weighted by Gasteiger charge is -2.04. The van der Waals surface area contributed by atoms with E-state index in [9.17, 15) is 9.18 Å². The van der Waals surface area contributed by atoms with Gasteiger partial charge in [-0.2, -0.15) is 5.10 Å². The zero-order chi connectivity index (χ0) is 22.3. The van der Waals surface area contributed by atoms with E-state index >= 15 is 0 Å². The molecule has 0 unspecified atom stereocenters. The van der Waals surface area contributed by atoms with Gasteiger partial charge in [-0.05, 0) is 61.7 Å². The summed E-state index contributed by atoms with van der Waals surface area (Å²) in [5, 5.41) is 7.53. The molecule has 0 aliphatic rings. The molecule has 1 amide bonds. The number of hydrogen-bond donors (Lipinski definition) is 1. The highest BCUT2D eigenvalue weighted by Gasteiger charge is 2.10. The molecule has 0 aliphatic carbocycles. The molecule has 0 fully saturated rings. The van der Waals surface area contributed by atoms with Crippen molar-refractivity contribution in [1.82, 2.24) is 20.1 Å². The zero-order valence-electron chi connectivity index (χ0n) is 17.9. The second kappa shape index (κ2) is 10.0. The van der Waals surface area contributed by atoms with Gasteiger partial charge in [-0.3, -0.25) is 4.79 Å². The summed E-state index contributed by atoms with van der Waals surface area (Å²) in [6, 6.07) is 16.0. The molecule has 7 heteroatoms. The van der Waals surface area contributed by atoms with E-state index in [0.29, 0.717) is 31.0 Å². The number of carbonyl (C=O) groups is 1. The highest BCUT2D eigenvalue weighted by atomic mass is 19.1. The molecule has 0 atom stereocenters. The maximum absolute atomic E-state index is 13.0. The Kier molecular flexibility index (Phi) is 6.75. The van der Waals surface area contributed by atoms with Crippen LogP contribution in [0, 0.1) is 12.7 Å². The lowest BCUT2D eigenvalue weighted by atomic mass is 10.1. The van der Waals surface area contributed by atoms with Crippen molar-refractivity contribution in [1.29, 1.82) is 0 Å². The van der Waals surface area contributed by atoms with Crippen molar-refractivity contribution >= 4 is 5.91 Å². The molecule has 4 aromatic rings. The van der Waals surface area contributed by atoms with Gasteiger partial charge in [0.15, 0.2) is 11.7 Å². The number of halogens is 1. The van der Waals surface area contributed by atoms with E-state index in [1.165, 1.54) is 17.7 Å². The number of para-hydroxylation sites is 1. The Hall–Kier alpha value is -3.74. The number of nitrogens with zero attached hydrogens (tertiary/aromatic N) is 3. The SMILES string of the molecule is Cc1nn(-c2ccccc2)cc1CCCNC(=O)CCc1ncc(-c2ccc(F)cc2)o1. The Labute approximate surface area is 186 Å². The molecule has 0 saturated carbocycles. The van der Waals surface area contributed by atoms with Crippen LogP contribution in [0.1, 0.15) is 30.0 Å². The Morgan fingerprint density at radius 1 is 1.09 bits per heavy atom. The van der Waals surface area contributed by atoms with Crippen LogP contribution in [0.2, 0.25) is 0 Å². The largest absolute Gasteiger partial charge is 0.441 e. The summed E-state index contributed by atoms with van der Waals surface area (Å²) in [5.74, 6) is 0.712. The molecule has 0 radical (unpaired) electrons. The minimum Gasteiger partial charge on any atom is -0.441 e. The van der Waals surface area contributed by atoms with Crippen molar-refractivity contribution in [3.05, 3.63) is 90.0 Å². The van der Waals surface area contributed by atoms with Gasteiger partial charge in [0, 0.05) is 31.1 Å². The van der Waals surface area contributed by atoms with Crippen molar-refractivity contribution in [3.63, 3.8) is 0 Å². The standard InChI is InChI=1S/C25H25FN4O2/c1-18-20(17-30(29-18)22-7-3-2-4-8-22)6-5-15-27-24(31)13-14-25-28-16-23(32-25)19-9-11-21(26)12-10-19/h2-4,7-12,16-17H,5-6,13-15H2,1H3,(H,27,31). The monoisotopic (exact) mass is 432 g/mol. The number of rotatable bonds is 9. The minimum absolute atomic E-state index is 0.0387. The van der Waals surface area contributed by atoms with Crippen molar-refractivity contribution in [2.24, 2.45) is 0 Å². The number of nitrogens with one attached hydrogen (secondary N) is 1. The molecular formula is C25H25FN4O2. The van der Waals surface area contributed by atoms with Crippen molar-refractivity contribution in [2.75, 3.05) is 6.54 Å². The van der Waals surface area contributed by atoms with Crippen LogP contribution in [0.25, 0.3) is 17.0 Å². The minimum atomic E-state index is -0.301. The third kappa shape index (κ3) is 5.49. The van der Waals surface area contributed by atoms with E-state index in [1.807, 2.05) is 48.1 Å².